The third-order valence-corrected chi connectivity index (χ3v) is 7.15. The molecule has 1 aromatic heterocycles. The maximum atomic E-state index is 13.0. The highest BCUT2D eigenvalue weighted by Crippen LogP contribution is 2.30. The van der Waals surface area contributed by atoms with Gasteiger partial charge in [-0.3, -0.25) is 9.52 Å². The lowest BCUT2D eigenvalue weighted by molar-refractivity contribution is -0.114. The minimum Gasteiger partial charge on any atom is -0.326 e. The van der Waals surface area contributed by atoms with Gasteiger partial charge in [-0.2, -0.15) is 0 Å². The summed E-state index contributed by atoms with van der Waals surface area (Å²) in [5.41, 5.74) is 4.17. The van der Waals surface area contributed by atoms with E-state index in [0.717, 1.165) is 21.8 Å². The van der Waals surface area contributed by atoms with Crippen LogP contribution in [0.25, 0.3) is 21.8 Å². The first-order valence-electron chi connectivity index (χ1n) is 9.84. The second-order valence-electron chi connectivity index (χ2n) is 7.25. The topological polar surface area (TPSA) is 88.2 Å². The number of thiazole rings is 1. The van der Waals surface area contributed by atoms with Crippen molar-refractivity contribution in [1.29, 1.82) is 0 Å². The molecule has 0 bridgehead atoms. The number of nitrogens with one attached hydrogen (secondary N) is 2. The largest absolute Gasteiger partial charge is 0.326 e. The minimum atomic E-state index is -3.81. The number of amides is 1. The molecular weight excluding hydrogens is 442 g/mol. The highest BCUT2D eigenvalue weighted by atomic mass is 32.2. The fourth-order valence-electron chi connectivity index (χ4n) is 3.30. The maximum Gasteiger partial charge on any atom is 0.262 e. The average molecular weight is 464 g/mol. The molecule has 32 heavy (non-hydrogen) atoms. The van der Waals surface area contributed by atoms with Gasteiger partial charge in [0.15, 0.2) is 0 Å². The summed E-state index contributed by atoms with van der Waals surface area (Å²) in [6.45, 7) is 3.09. The fraction of sp³-hybridized carbons (Fsp3) is 0.0833. The molecule has 0 radical (unpaired) electrons. The van der Waals surface area contributed by atoms with Crippen molar-refractivity contribution >= 4 is 38.6 Å². The van der Waals surface area contributed by atoms with Gasteiger partial charge in [0.05, 0.1) is 10.6 Å². The molecule has 162 valence electrons. The maximum absolute atomic E-state index is 13.0. The summed E-state index contributed by atoms with van der Waals surface area (Å²) < 4.78 is 28.6. The van der Waals surface area contributed by atoms with Crippen LogP contribution in [0, 0.1) is 6.92 Å². The van der Waals surface area contributed by atoms with Gasteiger partial charge in [-0.25, -0.2) is 13.4 Å². The van der Waals surface area contributed by atoms with Gasteiger partial charge in [0.25, 0.3) is 10.0 Å². The number of hydrogen-bond donors (Lipinski definition) is 2. The van der Waals surface area contributed by atoms with Gasteiger partial charge in [0, 0.05) is 34.8 Å². The predicted molar refractivity (Wildman–Crippen MR) is 129 cm³/mol. The van der Waals surface area contributed by atoms with E-state index in [1.807, 2.05) is 41.8 Å². The predicted octanol–water partition coefficient (Wildman–Crippen LogP) is 5.54. The quantitative estimate of drug-likeness (QED) is 0.393. The number of anilines is 2. The number of carbonyl (C=O) groups excluding carboxylic acids is 1. The van der Waals surface area contributed by atoms with Crippen LogP contribution in [0.2, 0.25) is 0 Å². The minimum absolute atomic E-state index is 0.150. The number of rotatable bonds is 6. The highest BCUT2D eigenvalue weighted by molar-refractivity contribution is 7.92. The second kappa shape index (κ2) is 8.94. The molecule has 0 spiro atoms. The standard InChI is InChI=1S/C24H21N3O3S2/c1-16-13-20(25-17(2)28)11-12-23(16)32(29,30)27-21-10-6-9-19(14-21)22-15-31-24(26-22)18-7-4-3-5-8-18/h3-15,27H,1-2H3,(H,25,28). The van der Waals surface area contributed by atoms with E-state index in [4.69, 9.17) is 4.98 Å². The van der Waals surface area contributed by atoms with Crippen LogP contribution in [0.3, 0.4) is 0 Å². The van der Waals surface area contributed by atoms with Crippen molar-refractivity contribution in [2.45, 2.75) is 18.7 Å². The normalized spacial score (nSPS) is 11.2. The van der Waals surface area contributed by atoms with Gasteiger partial charge in [-0.15, -0.1) is 11.3 Å². The zero-order valence-corrected chi connectivity index (χ0v) is 19.1. The van der Waals surface area contributed by atoms with Crippen molar-refractivity contribution < 1.29 is 13.2 Å². The Balaban J connectivity index is 1.58. The van der Waals surface area contributed by atoms with E-state index in [-0.39, 0.29) is 10.8 Å². The fourth-order valence-corrected chi connectivity index (χ4v) is 5.42. The number of nitrogens with zero attached hydrogens (tertiary/aromatic N) is 1. The van der Waals surface area contributed by atoms with Gasteiger partial charge in [-0.1, -0.05) is 42.5 Å². The van der Waals surface area contributed by atoms with Crippen LogP contribution in [0.5, 0.6) is 0 Å². The van der Waals surface area contributed by atoms with Crippen LogP contribution < -0.4 is 10.0 Å². The first-order chi connectivity index (χ1) is 15.3. The number of hydrogen-bond acceptors (Lipinski definition) is 5. The summed E-state index contributed by atoms with van der Waals surface area (Å²) in [4.78, 5) is 16.1. The SMILES string of the molecule is CC(=O)Nc1ccc(S(=O)(=O)Nc2cccc(-c3csc(-c4ccccc4)n3)c2)c(C)c1. The number of carbonyl (C=O) groups is 1. The van der Waals surface area contributed by atoms with E-state index in [1.165, 1.54) is 13.0 Å². The zero-order chi connectivity index (χ0) is 22.7. The third-order valence-electron chi connectivity index (χ3n) is 4.72. The van der Waals surface area contributed by atoms with Crippen molar-refractivity contribution in [2.75, 3.05) is 10.0 Å². The molecule has 6 nitrogen and oxygen atoms in total. The van der Waals surface area contributed by atoms with Gasteiger partial charge in [0.2, 0.25) is 5.91 Å². The molecule has 1 amide bonds. The van der Waals surface area contributed by atoms with Gasteiger partial charge >= 0.3 is 0 Å². The molecule has 4 aromatic rings. The molecule has 0 aliphatic rings. The third kappa shape index (κ3) is 4.87. The molecule has 3 aromatic carbocycles. The van der Waals surface area contributed by atoms with Crippen molar-refractivity contribution in [3.05, 3.63) is 83.7 Å². The lowest BCUT2D eigenvalue weighted by Gasteiger charge is -2.12. The molecular formula is C24H21N3O3S2. The summed E-state index contributed by atoms with van der Waals surface area (Å²) >= 11 is 1.54. The van der Waals surface area contributed by atoms with Crippen molar-refractivity contribution in [3.63, 3.8) is 0 Å². The van der Waals surface area contributed by atoms with Crippen LogP contribution >= 0.6 is 11.3 Å². The smallest absolute Gasteiger partial charge is 0.262 e. The molecule has 0 saturated carbocycles. The van der Waals surface area contributed by atoms with E-state index in [9.17, 15) is 13.2 Å². The molecule has 4 rings (SSSR count). The van der Waals surface area contributed by atoms with E-state index < -0.39 is 10.0 Å². The summed E-state index contributed by atoms with van der Waals surface area (Å²) in [6.07, 6.45) is 0. The first-order valence-corrected chi connectivity index (χ1v) is 12.2. The van der Waals surface area contributed by atoms with Gasteiger partial charge in [0.1, 0.15) is 5.01 Å². The molecule has 0 atom stereocenters. The molecule has 8 heteroatoms. The number of aryl methyl sites for hydroxylation is 1. The van der Waals surface area contributed by atoms with E-state index in [2.05, 4.69) is 10.0 Å². The molecule has 2 N–H and O–H groups in total. The first kappa shape index (κ1) is 21.7. The monoisotopic (exact) mass is 463 g/mol. The Morgan fingerprint density at radius 3 is 2.38 bits per heavy atom. The Bertz CT molecular complexity index is 1380. The van der Waals surface area contributed by atoms with Gasteiger partial charge < -0.3 is 5.32 Å². The van der Waals surface area contributed by atoms with Crippen LogP contribution in [-0.2, 0) is 14.8 Å². The zero-order valence-electron chi connectivity index (χ0n) is 17.5. The summed E-state index contributed by atoms with van der Waals surface area (Å²) in [6, 6.07) is 21.8. The van der Waals surface area contributed by atoms with Crippen molar-refractivity contribution in [1.82, 2.24) is 4.98 Å². The Labute approximate surface area is 191 Å². The Hall–Kier alpha value is -3.49. The molecule has 0 aliphatic carbocycles. The van der Waals surface area contributed by atoms with Crippen LogP contribution in [0.4, 0.5) is 11.4 Å². The van der Waals surface area contributed by atoms with E-state index >= 15 is 0 Å². The summed E-state index contributed by atoms with van der Waals surface area (Å²) in [7, 11) is -3.81. The molecule has 0 unspecified atom stereocenters. The highest BCUT2D eigenvalue weighted by Gasteiger charge is 2.18. The number of sulfonamides is 1. The van der Waals surface area contributed by atoms with Gasteiger partial charge in [-0.05, 0) is 42.8 Å². The second-order valence-corrected chi connectivity index (χ2v) is 9.76. The molecule has 0 fully saturated rings. The number of aromatic nitrogens is 1. The Morgan fingerprint density at radius 1 is 0.906 bits per heavy atom. The molecule has 0 saturated heterocycles. The molecule has 1 heterocycles. The Kier molecular flexibility index (Phi) is 6.07. The summed E-state index contributed by atoms with van der Waals surface area (Å²) in [5, 5.41) is 5.52. The van der Waals surface area contributed by atoms with Crippen LogP contribution in [0.15, 0.2) is 83.1 Å². The van der Waals surface area contributed by atoms with E-state index in [1.54, 1.807) is 48.6 Å². The van der Waals surface area contributed by atoms with Crippen LogP contribution in [-0.4, -0.2) is 19.3 Å². The summed E-state index contributed by atoms with van der Waals surface area (Å²) in [5.74, 6) is -0.215. The lowest BCUT2D eigenvalue weighted by atomic mass is 10.1. The van der Waals surface area contributed by atoms with Crippen LogP contribution in [0.1, 0.15) is 12.5 Å². The lowest BCUT2D eigenvalue weighted by Crippen LogP contribution is -2.15. The molecule has 0 aliphatic heterocycles. The Morgan fingerprint density at radius 2 is 1.66 bits per heavy atom. The van der Waals surface area contributed by atoms with Crippen molar-refractivity contribution in [2.24, 2.45) is 0 Å². The number of benzene rings is 3. The average Bonchev–Trinajstić information content (AvgIpc) is 3.24. The van der Waals surface area contributed by atoms with Crippen molar-refractivity contribution in [3.8, 4) is 21.8 Å². The van der Waals surface area contributed by atoms with E-state index in [0.29, 0.717) is 16.9 Å².